The van der Waals surface area contributed by atoms with Crippen molar-refractivity contribution < 1.29 is 32.5 Å². The number of benzene rings is 2. The van der Waals surface area contributed by atoms with Crippen LogP contribution in [0.5, 0.6) is 11.5 Å². The number of nitro groups is 2. The Labute approximate surface area is 183 Å². The number of nitro benzene ring substituents is 1. The normalized spacial score (nSPS) is 11.1. The van der Waals surface area contributed by atoms with Gasteiger partial charge < -0.3 is 20.2 Å². The maximum atomic E-state index is 12.9. The Hall–Kier alpha value is -4.01. The maximum absolute atomic E-state index is 12.9. The largest absolute Gasteiger partial charge is 0.457 e. The smallest absolute Gasteiger partial charge is 0.416 e. The summed E-state index contributed by atoms with van der Waals surface area (Å²) >= 11 is 2.86. The number of carbonyl (C=O) groups is 1. The molecule has 0 bridgehead atoms. The van der Waals surface area contributed by atoms with E-state index in [1.165, 1.54) is 6.07 Å². The van der Waals surface area contributed by atoms with Gasteiger partial charge in [0.15, 0.2) is 5.69 Å². The lowest BCUT2D eigenvalue weighted by Crippen LogP contribution is -2.13. The van der Waals surface area contributed by atoms with E-state index in [2.05, 4.69) is 26.3 Å². The van der Waals surface area contributed by atoms with E-state index in [4.69, 9.17) is 4.74 Å². The van der Waals surface area contributed by atoms with Crippen LogP contribution in [0.4, 0.5) is 30.4 Å². The zero-order chi connectivity index (χ0) is 23.6. The predicted octanol–water partition coefficient (Wildman–Crippen LogP) is 5.05. The molecule has 0 aliphatic carbocycles. The topological polar surface area (TPSA) is 153 Å². The first-order valence-corrected chi connectivity index (χ1v) is 9.09. The second-order valence-electron chi connectivity index (χ2n) is 6.05. The number of aromatic amines is 1. The molecule has 0 unspecified atom stereocenters. The number of H-pyrrole nitrogens is 1. The molecular formula is C17H9BrF3N5O6. The number of amides is 1. The van der Waals surface area contributed by atoms with Gasteiger partial charge in [0.1, 0.15) is 16.0 Å². The van der Waals surface area contributed by atoms with Crippen molar-refractivity contribution in [2.24, 2.45) is 0 Å². The number of halogens is 4. The SMILES string of the molecule is O=C(Nc1cc(Oc2cccc(C(F)(F)F)c2)cc([N+](=O)[O-])c1)c1n[nH]c([N+](=O)[O-])c1Br. The number of nitrogens with zero attached hydrogens (tertiary/aromatic N) is 3. The molecule has 0 saturated heterocycles. The fourth-order valence-corrected chi connectivity index (χ4v) is 2.97. The monoisotopic (exact) mass is 515 g/mol. The van der Waals surface area contributed by atoms with Gasteiger partial charge in [-0.3, -0.25) is 14.9 Å². The van der Waals surface area contributed by atoms with E-state index >= 15 is 0 Å². The number of hydrogen-bond donors (Lipinski definition) is 2. The van der Waals surface area contributed by atoms with Crippen molar-refractivity contribution >= 4 is 39.0 Å². The first kappa shape index (κ1) is 22.7. The third-order valence-corrected chi connectivity index (χ3v) is 4.60. The standard InChI is InChI=1S/C17H9BrF3N5O6/c18-13-14(23-24-15(13)26(30)31)16(27)22-9-5-10(25(28)29)7-12(6-9)32-11-3-1-2-8(4-11)17(19,20)21/h1-7H,(H,22,27)(H,23,24). The third kappa shape index (κ3) is 5.00. The van der Waals surface area contributed by atoms with E-state index in [0.29, 0.717) is 6.07 Å². The van der Waals surface area contributed by atoms with Gasteiger partial charge in [-0.2, -0.15) is 13.2 Å². The van der Waals surface area contributed by atoms with Crippen LogP contribution in [0.1, 0.15) is 16.1 Å². The number of aromatic nitrogens is 2. The third-order valence-electron chi connectivity index (χ3n) is 3.84. The highest BCUT2D eigenvalue weighted by molar-refractivity contribution is 9.10. The van der Waals surface area contributed by atoms with Crippen LogP contribution >= 0.6 is 15.9 Å². The molecule has 0 spiro atoms. The highest BCUT2D eigenvalue weighted by atomic mass is 79.9. The quantitative estimate of drug-likeness (QED) is 0.343. The lowest BCUT2D eigenvalue weighted by atomic mass is 10.2. The van der Waals surface area contributed by atoms with Crippen molar-refractivity contribution in [3.05, 3.63) is 78.4 Å². The number of nitrogens with one attached hydrogen (secondary N) is 2. The summed E-state index contributed by atoms with van der Waals surface area (Å²) in [4.78, 5) is 32.8. The summed E-state index contributed by atoms with van der Waals surface area (Å²) in [6, 6.07) is 6.88. The first-order valence-electron chi connectivity index (χ1n) is 8.30. The molecule has 11 nitrogen and oxygen atoms in total. The zero-order valence-electron chi connectivity index (χ0n) is 15.3. The van der Waals surface area contributed by atoms with E-state index < -0.39 is 44.7 Å². The molecule has 0 atom stereocenters. The molecule has 0 saturated carbocycles. The predicted molar refractivity (Wildman–Crippen MR) is 106 cm³/mol. The molecule has 0 aliphatic rings. The molecule has 2 aromatic carbocycles. The lowest BCUT2D eigenvalue weighted by Gasteiger charge is -2.11. The number of non-ortho nitro benzene ring substituents is 1. The average molecular weight is 516 g/mol. The Balaban J connectivity index is 1.91. The Kier molecular flexibility index (Phi) is 6.11. The average Bonchev–Trinajstić information content (AvgIpc) is 3.09. The summed E-state index contributed by atoms with van der Waals surface area (Å²) in [5.74, 6) is -2.02. The summed E-state index contributed by atoms with van der Waals surface area (Å²) in [5, 5.41) is 29.9. The van der Waals surface area contributed by atoms with E-state index in [1.54, 1.807) is 0 Å². The van der Waals surface area contributed by atoms with Crippen LogP contribution in [0.2, 0.25) is 0 Å². The molecule has 1 aromatic heterocycles. The minimum absolute atomic E-state index is 0.163. The number of ether oxygens (including phenoxy) is 1. The summed E-state index contributed by atoms with van der Waals surface area (Å²) in [6.45, 7) is 0. The van der Waals surface area contributed by atoms with Crippen LogP contribution < -0.4 is 10.1 Å². The van der Waals surface area contributed by atoms with Gasteiger partial charge >= 0.3 is 12.0 Å². The zero-order valence-corrected chi connectivity index (χ0v) is 16.9. The maximum Gasteiger partial charge on any atom is 0.416 e. The van der Waals surface area contributed by atoms with Gasteiger partial charge in [-0.25, -0.2) is 0 Å². The molecule has 3 rings (SSSR count). The Morgan fingerprint density at radius 3 is 2.41 bits per heavy atom. The van der Waals surface area contributed by atoms with E-state index in [9.17, 15) is 38.2 Å². The molecule has 15 heteroatoms. The number of alkyl halides is 3. The molecule has 0 aliphatic heterocycles. The van der Waals surface area contributed by atoms with Crippen molar-refractivity contribution in [3.8, 4) is 11.5 Å². The van der Waals surface area contributed by atoms with Crippen LogP contribution in [-0.4, -0.2) is 26.0 Å². The molecular weight excluding hydrogens is 507 g/mol. The first-order chi connectivity index (χ1) is 15.0. The van der Waals surface area contributed by atoms with Gasteiger partial charge in [-0.1, -0.05) is 11.2 Å². The highest BCUT2D eigenvalue weighted by Crippen LogP contribution is 2.35. The van der Waals surface area contributed by atoms with Crippen molar-refractivity contribution in [1.82, 2.24) is 10.2 Å². The van der Waals surface area contributed by atoms with E-state index in [1.807, 2.05) is 5.10 Å². The summed E-state index contributed by atoms with van der Waals surface area (Å²) in [6.07, 6.45) is -4.62. The second kappa shape index (κ2) is 8.62. The highest BCUT2D eigenvalue weighted by Gasteiger charge is 2.31. The molecule has 0 radical (unpaired) electrons. The van der Waals surface area contributed by atoms with Gasteiger partial charge in [0.2, 0.25) is 0 Å². The van der Waals surface area contributed by atoms with Crippen molar-refractivity contribution in [2.75, 3.05) is 5.32 Å². The Morgan fingerprint density at radius 2 is 1.81 bits per heavy atom. The van der Waals surface area contributed by atoms with E-state index in [-0.39, 0.29) is 21.7 Å². The van der Waals surface area contributed by atoms with Crippen LogP contribution in [0, 0.1) is 20.2 Å². The summed E-state index contributed by atoms with van der Waals surface area (Å²) in [5.41, 5.74) is -2.08. The molecule has 32 heavy (non-hydrogen) atoms. The second-order valence-corrected chi connectivity index (χ2v) is 6.84. The Morgan fingerprint density at radius 1 is 1.09 bits per heavy atom. The molecule has 1 amide bonds. The van der Waals surface area contributed by atoms with Crippen LogP contribution in [0.25, 0.3) is 0 Å². The molecule has 166 valence electrons. The van der Waals surface area contributed by atoms with Gasteiger partial charge in [-0.05, 0) is 39.1 Å². The molecule has 1 heterocycles. The molecule has 0 fully saturated rings. The number of hydrogen-bond acceptors (Lipinski definition) is 7. The fraction of sp³-hybridized carbons (Fsp3) is 0.0588. The minimum Gasteiger partial charge on any atom is -0.457 e. The van der Waals surface area contributed by atoms with Gasteiger partial charge in [0.25, 0.3) is 11.6 Å². The summed E-state index contributed by atoms with van der Waals surface area (Å²) in [7, 11) is 0. The van der Waals surface area contributed by atoms with E-state index in [0.717, 1.165) is 30.3 Å². The van der Waals surface area contributed by atoms with Crippen LogP contribution in [0.15, 0.2) is 46.9 Å². The van der Waals surface area contributed by atoms with Gasteiger partial charge in [-0.15, -0.1) is 5.10 Å². The van der Waals surface area contributed by atoms with Crippen molar-refractivity contribution in [1.29, 1.82) is 0 Å². The fourth-order valence-electron chi connectivity index (χ4n) is 2.47. The van der Waals surface area contributed by atoms with Gasteiger partial charge in [0.05, 0.1) is 22.2 Å². The molecule has 3 aromatic rings. The Bertz CT molecular complexity index is 1230. The van der Waals surface area contributed by atoms with Crippen LogP contribution in [0.3, 0.4) is 0 Å². The summed E-state index contributed by atoms with van der Waals surface area (Å²) < 4.78 is 43.7. The number of rotatable bonds is 6. The van der Waals surface area contributed by atoms with Crippen molar-refractivity contribution in [3.63, 3.8) is 0 Å². The molecule has 2 N–H and O–H groups in total. The number of carbonyl (C=O) groups excluding carboxylic acids is 1. The number of anilines is 1. The lowest BCUT2D eigenvalue weighted by molar-refractivity contribution is -0.390. The van der Waals surface area contributed by atoms with Crippen molar-refractivity contribution in [2.45, 2.75) is 6.18 Å². The van der Waals surface area contributed by atoms with Crippen LogP contribution in [-0.2, 0) is 6.18 Å². The minimum atomic E-state index is -4.62. The van der Waals surface area contributed by atoms with Gasteiger partial charge in [0, 0.05) is 12.1 Å².